The van der Waals surface area contributed by atoms with E-state index in [9.17, 15) is 4.79 Å². The third-order valence-corrected chi connectivity index (χ3v) is 4.41. The van der Waals surface area contributed by atoms with Gasteiger partial charge in [-0.15, -0.1) is 12.4 Å². The molecule has 0 bridgehead atoms. The molecule has 1 aliphatic rings. The Morgan fingerprint density at radius 3 is 2.59 bits per heavy atom. The summed E-state index contributed by atoms with van der Waals surface area (Å²) < 4.78 is 0. The molecule has 2 N–H and O–H groups in total. The van der Waals surface area contributed by atoms with Gasteiger partial charge in [0.15, 0.2) is 0 Å². The van der Waals surface area contributed by atoms with Gasteiger partial charge in [-0.3, -0.25) is 4.79 Å². The summed E-state index contributed by atoms with van der Waals surface area (Å²) in [6.07, 6.45) is 2.89. The highest BCUT2D eigenvalue weighted by Crippen LogP contribution is 2.19. The summed E-state index contributed by atoms with van der Waals surface area (Å²) in [5.41, 5.74) is 1.24. The molecule has 1 aliphatic heterocycles. The van der Waals surface area contributed by atoms with Crippen LogP contribution in [0.3, 0.4) is 0 Å². The van der Waals surface area contributed by atoms with Crippen molar-refractivity contribution in [3.8, 4) is 0 Å². The van der Waals surface area contributed by atoms with Crippen molar-refractivity contribution in [1.82, 2.24) is 10.6 Å². The molecule has 3 unspecified atom stereocenters. The summed E-state index contributed by atoms with van der Waals surface area (Å²) in [5, 5.41) is 6.70. The van der Waals surface area contributed by atoms with Crippen LogP contribution >= 0.6 is 12.4 Å². The minimum atomic E-state index is 0. The van der Waals surface area contributed by atoms with Crippen molar-refractivity contribution in [3.05, 3.63) is 35.9 Å². The zero-order valence-electron chi connectivity index (χ0n) is 13.8. The zero-order chi connectivity index (χ0) is 15.2. The highest BCUT2D eigenvalue weighted by atomic mass is 35.5. The number of carbonyl (C=O) groups excluding carboxylic acids is 1. The molecule has 1 amide bonds. The molecule has 0 aromatic heterocycles. The Labute approximate surface area is 140 Å². The zero-order valence-corrected chi connectivity index (χ0v) is 14.7. The summed E-state index contributed by atoms with van der Waals surface area (Å²) in [4.78, 5) is 12.6. The number of piperidine rings is 1. The Morgan fingerprint density at radius 2 is 2.00 bits per heavy atom. The van der Waals surface area contributed by atoms with Crippen LogP contribution < -0.4 is 10.6 Å². The summed E-state index contributed by atoms with van der Waals surface area (Å²) in [6.45, 7) is 7.45. The molecule has 1 aromatic carbocycles. The molecular weight excluding hydrogens is 296 g/mol. The van der Waals surface area contributed by atoms with Crippen LogP contribution in [-0.2, 0) is 11.2 Å². The second kappa shape index (κ2) is 9.16. The molecule has 1 saturated heterocycles. The number of carbonyl (C=O) groups is 1. The molecule has 1 heterocycles. The third-order valence-electron chi connectivity index (χ3n) is 4.41. The van der Waals surface area contributed by atoms with E-state index in [1.165, 1.54) is 5.56 Å². The van der Waals surface area contributed by atoms with Gasteiger partial charge < -0.3 is 10.6 Å². The van der Waals surface area contributed by atoms with Gasteiger partial charge in [0.1, 0.15) is 0 Å². The van der Waals surface area contributed by atoms with Crippen molar-refractivity contribution in [2.45, 2.75) is 52.1 Å². The first-order valence-corrected chi connectivity index (χ1v) is 8.14. The standard InChI is InChI=1S/C18H28N2O.ClH/c1-13(2)17(12-15-7-5-4-6-8-15)18(21)20-16-9-10-19-14(3)11-16;/h4-8,13-14,16-17,19H,9-12H2,1-3H3,(H,20,21);1H. The maximum Gasteiger partial charge on any atom is 0.223 e. The quantitative estimate of drug-likeness (QED) is 0.873. The molecule has 0 spiro atoms. The lowest BCUT2D eigenvalue weighted by molar-refractivity contribution is -0.127. The number of amides is 1. The van der Waals surface area contributed by atoms with Crippen molar-refractivity contribution in [3.63, 3.8) is 0 Å². The van der Waals surface area contributed by atoms with E-state index in [0.29, 0.717) is 18.0 Å². The van der Waals surface area contributed by atoms with Crippen molar-refractivity contribution in [1.29, 1.82) is 0 Å². The minimum absolute atomic E-state index is 0. The van der Waals surface area contributed by atoms with Crippen LogP contribution in [0.25, 0.3) is 0 Å². The van der Waals surface area contributed by atoms with E-state index in [1.807, 2.05) is 18.2 Å². The molecule has 1 fully saturated rings. The first-order valence-electron chi connectivity index (χ1n) is 8.14. The fourth-order valence-electron chi connectivity index (χ4n) is 3.07. The van der Waals surface area contributed by atoms with E-state index < -0.39 is 0 Å². The molecule has 3 atom stereocenters. The predicted octanol–water partition coefficient (Wildman–Crippen LogP) is 3.18. The Bertz CT molecular complexity index is 450. The molecule has 2 rings (SSSR count). The minimum Gasteiger partial charge on any atom is -0.353 e. The van der Waals surface area contributed by atoms with Crippen LogP contribution in [0.4, 0.5) is 0 Å². The number of rotatable bonds is 5. The Morgan fingerprint density at radius 1 is 1.32 bits per heavy atom. The third kappa shape index (κ3) is 5.62. The topological polar surface area (TPSA) is 41.1 Å². The van der Waals surface area contributed by atoms with Gasteiger partial charge in [0.25, 0.3) is 0 Å². The molecule has 0 radical (unpaired) electrons. The van der Waals surface area contributed by atoms with Gasteiger partial charge in [-0.1, -0.05) is 44.2 Å². The van der Waals surface area contributed by atoms with Gasteiger partial charge in [-0.25, -0.2) is 0 Å². The van der Waals surface area contributed by atoms with Crippen molar-refractivity contribution in [2.75, 3.05) is 6.54 Å². The monoisotopic (exact) mass is 324 g/mol. The first-order chi connectivity index (χ1) is 10.1. The van der Waals surface area contributed by atoms with E-state index in [2.05, 4.69) is 43.5 Å². The molecular formula is C18H29ClN2O. The number of halogens is 1. The maximum absolute atomic E-state index is 12.6. The number of hydrogen-bond donors (Lipinski definition) is 2. The van der Waals surface area contributed by atoms with Crippen LogP contribution in [0, 0.1) is 11.8 Å². The van der Waals surface area contributed by atoms with Crippen molar-refractivity contribution < 1.29 is 4.79 Å². The average Bonchev–Trinajstić information content (AvgIpc) is 2.45. The number of nitrogens with one attached hydrogen (secondary N) is 2. The van der Waals surface area contributed by atoms with Gasteiger partial charge in [0, 0.05) is 18.0 Å². The van der Waals surface area contributed by atoms with Crippen LogP contribution in [0.5, 0.6) is 0 Å². The Hall–Kier alpha value is -1.06. The van der Waals surface area contributed by atoms with Gasteiger partial charge in [0.2, 0.25) is 5.91 Å². The van der Waals surface area contributed by atoms with E-state index in [4.69, 9.17) is 0 Å². The lowest BCUT2D eigenvalue weighted by atomic mass is 9.87. The second-order valence-electron chi connectivity index (χ2n) is 6.63. The fourth-order valence-corrected chi connectivity index (χ4v) is 3.07. The summed E-state index contributed by atoms with van der Waals surface area (Å²) in [7, 11) is 0. The van der Waals surface area contributed by atoms with Crippen molar-refractivity contribution >= 4 is 18.3 Å². The van der Waals surface area contributed by atoms with Gasteiger partial charge in [0.05, 0.1) is 0 Å². The predicted molar refractivity (Wildman–Crippen MR) is 94.4 cm³/mol. The highest BCUT2D eigenvalue weighted by Gasteiger charge is 2.26. The molecule has 0 saturated carbocycles. The normalized spacial score (nSPS) is 22.7. The lowest BCUT2D eigenvalue weighted by Crippen LogP contribution is -2.48. The highest BCUT2D eigenvalue weighted by molar-refractivity contribution is 5.85. The molecule has 0 aliphatic carbocycles. The van der Waals surface area contributed by atoms with Gasteiger partial charge >= 0.3 is 0 Å². The summed E-state index contributed by atoms with van der Waals surface area (Å²) in [6, 6.07) is 11.1. The lowest BCUT2D eigenvalue weighted by Gasteiger charge is -2.31. The fraction of sp³-hybridized carbons (Fsp3) is 0.611. The van der Waals surface area contributed by atoms with Crippen LogP contribution in [0.1, 0.15) is 39.2 Å². The first kappa shape index (κ1) is 19.0. The van der Waals surface area contributed by atoms with Gasteiger partial charge in [-0.2, -0.15) is 0 Å². The van der Waals surface area contributed by atoms with E-state index in [-0.39, 0.29) is 24.2 Å². The molecule has 22 heavy (non-hydrogen) atoms. The Balaban J connectivity index is 0.00000242. The average molecular weight is 325 g/mol. The van der Waals surface area contributed by atoms with Crippen LogP contribution in [0.15, 0.2) is 30.3 Å². The second-order valence-corrected chi connectivity index (χ2v) is 6.63. The number of benzene rings is 1. The summed E-state index contributed by atoms with van der Waals surface area (Å²) in [5.74, 6) is 0.620. The smallest absolute Gasteiger partial charge is 0.223 e. The van der Waals surface area contributed by atoms with E-state index >= 15 is 0 Å². The molecule has 3 nitrogen and oxygen atoms in total. The number of hydrogen-bond acceptors (Lipinski definition) is 2. The SMILES string of the molecule is CC1CC(NC(=O)C(Cc2ccccc2)C(C)C)CCN1.Cl. The van der Waals surface area contributed by atoms with Crippen LogP contribution in [-0.4, -0.2) is 24.5 Å². The molecule has 1 aromatic rings. The maximum atomic E-state index is 12.6. The molecule has 4 heteroatoms. The van der Waals surface area contributed by atoms with Crippen LogP contribution in [0.2, 0.25) is 0 Å². The largest absolute Gasteiger partial charge is 0.353 e. The van der Waals surface area contributed by atoms with E-state index in [0.717, 1.165) is 25.8 Å². The Kier molecular flexibility index (Phi) is 7.91. The molecule has 124 valence electrons. The van der Waals surface area contributed by atoms with Gasteiger partial charge in [-0.05, 0) is 44.2 Å². The van der Waals surface area contributed by atoms with E-state index in [1.54, 1.807) is 0 Å². The van der Waals surface area contributed by atoms with Crippen molar-refractivity contribution in [2.24, 2.45) is 11.8 Å². The summed E-state index contributed by atoms with van der Waals surface area (Å²) >= 11 is 0.